The lowest BCUT2D eigenvalue weighted by Crippen LogP contribution is -2.34. The highest BCUT2D eigenvalue weighted by atomic mass is 32.1. The molecule has 22 heavy (non-hydrogen) atoms. The van der Waals surface area contributed by atoms with Crippen LogP contribution >= 0.6 is 11.3 Å². The number of hydrogen-bond acceptors (Lipinski definition) is 5. The molecular formula is C15H21N3O3S. The van der Waals surface area contributed by atoms with Gasteiger partial charge in [0, 0.05) is 43.3 Å². The Morgan fingerprint density at radius 3 is 3.00 bits per heavy atom. The number of rotatable bonds is 4. The maximum absolute atomic E-state index is 12.3. The van der Waals surface area contributed by atoms with Crippen molar-refractivity contribution in [2.75, 3.05) is 26.2 Å². The first-order valence-electron chi connectivity index (χ1n) is 7.59. The Hall–Kier alpha value is -1.47. The van der Waals surface area contributed by atoms with Gasteiger partial charge in [0.25, 0.3) is 0 Å². The van der Waals surface area contributed by atoms with Gasteiger partial charge in [-0.2, -0.15) is 0 Å². The number of thiazole rings is 1. The molecule has 3 heterocycles. The first-order chi connectivity index (χ1) is 10.5. The van der Waals surface area contributed by atoms with Crippen molar-refractivity contribution in [3.05, 3.63) is 16.1 Å². The molecule has 7 heteroatoms. The van der Waals surface area contributed by atoms with Crippen LogP contribution in [0.25, 0.3) is 0 Å². The average Bonchev–Trinajstić information content (AvgIpc) is 3.13. The van der Waals surface area contributed by atoms with Crippen molar-refractivity contribution in [1.82, 2.24) is 14.8 Å². The van der Waals surface area contributed by atoms with E-state index >= 15 is 0 Å². The summed E-state index contributed by atoms with van der Waals surface area (Å²) in [5.74, 6) is 0.141. The van der Waals surface area contributed by atoms with E-state index < -0.39 is 0 Å². The van der Waals surface area contributed by atoms with E-state index in [0.29, 0.717) is 32.6 Å². The topological polar surface area (TPSA) is 73.7 Å². The molecule has 1 spiro atoms. The third kappa shape index (κ3) is 3.01. The Balaban J connectivity index is 1.63. The normalized spacial score (nSPS) is 24.7. The van der Waals surface area contributed by atoms with Crippen LogP contribution in [-0.4, -0.2) is 57.9 Å². The number of carbonyl (C=O) groups excluding carboxylic acids is 2. The number of carbonyl (C=O) groups is 2. The van der Waals surface area contributed by atoms with Crippen LogP contribution in [0.5, 0.6) is 0 Å². The first-order valence-corrected chi connectivity index (χ1v) is 8.47. The fourth-order valence-corrected chi connectivity index (χ4v) is 4.08. The van der Waals surface area contributed by atoms with Gasteiger partial charge in [-0.3, -0.25) is 9.59 Å². The van der Waals surface area contributed by atoms with E-state index in [1.165, 1.54) is 0 Å². The molecule has 0 saturated carbocycles. The fourth-order valence-electron chi connectivity index (χ4n) is 3.48. The lowest BCUT2D eigenvalue weighted by molar-refractivity contribution is -0.131. The van der Waals surface area contributed by atoms with Crippen LogP contribution in [0.15, 0.2) is 5.38 Å². The van der Waals surface area contributed by atoms with Gasteiger partial charge < -0.3 is 14.9 Å². The molecule has 6 nitrogen and oxygen atoms in total. The number of hydrogen-bond donors (Lipinski definition) is 1. The van der Waals surface area contributed by atoms with Gasteiger partial charge in [-0.25, -0.2) is 4.98 Å². The molecular weight excluding hydrogens is 302 g/mol. The highest BCUT2D eigenvalue weighted by Crippen LogP contribution is 2.40. The van der Waals surface area contributed by atoms with Crippen molar-refractivity contribution in [3.63, 3.8) is 0 Å². The van der Waals surface area contributed by atoms with Gasteiger partial charge in [0.05, 0.1) is 23.9 Å². The highest BCUT2D eigenvalue weighted by molar-refractivity contribution is 7.09. The zero-order chi connectivity index (χ0) is 15.7. The molecule has 0 aromatic carbocycles. The van der Waals surface area contributed by atoms with Gasteiger partial charge >= 0.3 is 0 Å². The van der Waals surface area contributed by atoms with Gasteiger partial charge in [0.2, 0.25) is 11.8 Å². The molecule has 1 aromatic heterocycles. The number of likely N-dealkylation sites (tertiary alicyclic amines) is 2. The molecule has 2 fully saturated rings. The molecule has 120 valence electrons. The predicted molar refractivity (Wildman–Crippen MR) is 82.2 cm³/mol. The Bertz CT molecular complexity index is 588. The molecule has 2 aliphatic rings. The van der Waals surface area contributed by atoms with E-state index in [4.69, 9.17) is 5.11 Å². The predicted octanol–water partition coefficient (Wildman–Crippen LogP) is 0.785. The summed E-state index contributed by atoms with van der Waals surface area (Å²) < 4.78 is 0. The van der Waals surface area contributed by atoms with Crippen LogP contribution in [0.2, 0.25) is 0 Å². The van der Waals surface area contributed by atoms with E-state index in [-0.39, 0.29) is 30.3 Å². The molecule has 1 aromatic rings. The van der Waals surface area contributed by atoms with E-state index in [2.05, 4.69) is 4.98 Å². The number of nitrogens with zero attached hydrogens (tertiary/aromatic N) is 3. The van der Waals surface area contributed by atoms with Gasteiger partial charge in [-0.15, -0.1) is 11.3 Å². The monoisotopic (exact) mass is 323 g/mol. The summed E-state index contributed by atoms with van der Waals surface area (Å²) in [6.07, 6.45) is 1.55. The van der Waals surface area contributed by atoms with Crippen LogP contribution in [0.4, 0.5) is 0 Å². The molecule has 2 saturated heterocycles. The zero-order valence-corrected chi connectivity index (χ0v) is 13.6. The molecule has 2 amide bonds. The minimum absolute atomic E-state index is 0.0135. The SMILES string of the molecule is Cc1nc(CN2C[C@]3(CCN(C(=O)CCO)C3)CC2=O)cs1. The zero-order valence-electron chi connectivity index (χ0n) is 12.7. The number of aliphatic hydroxyl groups excluding tert-OH is 1. The minimum Gasteiger partial charge on any atom is -0.396 e. The van der Waals surface area contributed by atoms with Crippen LogP contribution in [0, 0.1) is 12.3 Å². The summed E-state index contributed by atoms with van der Waals surface area (Å²) in [4.78, 5) is 32.3. The van der Waals surface area contributed by atoms with Crippen molar-refractivity contribution in [1.29, 1.82) is 0 Å². The van der Waals surface area contributed by atoms with Crippen molar-refractivity contribution >= 4 is 23.2 Å². The van der Waals surface area contributed by atoms with Crippen LogP contribution < -0.4 is 0 Å². The number of amides is 2. The second-order valence-electron chi connectivity index (χ2n) is 6.32. The van der Waals surface area contributed by atoms with Gasteiger partial charge in [-0.05, 0) is 13.3 Å². The third-order valence-corrected chi connectivity index (χ3v) is 5.36. The second-order valence-corrected chi connectivity index (χ2v) is 7.39. The molecule has 0 unspecified atom stereocenters. The third-order valence-electron chi connectivity index (χ3n) is 4.54. The lowest BCUT2D eigenvalue weighted by Gasteiger charge is -2.24. The summed E-state index contributed by atoms with van der Waals surface area (Å²) in [7, 11) is 0. The number of aromatic nitrogens is 1. The maximum Gasteiger partial charge on any atom is 0.224 e. The fraction of sp³-hybridized carbons (Fsp3) is 0.667. The largest absolute Gasteiger partial charge is 0.396 e. The molecule has 1 atom stereocenters. The van der Waals surface area contributed by atoms with E-state index in [1.54, 1.807) is 16.2 Å². The van der Waals surface area contributed by atoms with Crippen molar-refractivity contribution in [3.8, 4) is 0 Å². The average molecular weight is 323 g/mol. The Kier molecular flexibility index (Phi) is 4.18. The smallest absolute Gasteiger partial charge is 0.224 e. The summed E-state index contributed by atoms with van der Waals surface area (Å²) in [5.41, 5.74) is 0.840. The summed E-state index contributed by atoms with van der Waals surface area (Å²) in [6.45, 7) is 4.43. The number of aryl methyl sites for hydroxylation is 1. The van der Waals surface area contributed by atoms with Crippen molar-refractivity contribution < 1.29 is 14.7 Å². The summed E-state index contributed by atoms with van der Waals surface area (Å²) in [6, 6.07) is 0. The van der Waals surface area contributed by atoms with Gasteiger partial charge in [0.1, 0.15) is 0 Å². The van der Waals surface area contributed by atoms with Crippen molar-refractivity contribution in [2.45, 2.75) is 32.7 Å². The molecule has 0 radical (unpaired) electrons. The van der Waals surface area contributed by atoms with Crippen LogP contribution in [0.1, 0.15) is 30.0 Å². The van der Waals surface area contributed by atoms with E-state index in [9.17, 15) is 9.59 Å². The minimum atomic E-state index is -0.115. The molecule has 2 aliphatic heterocycles. The Morgan fingerprint density at radius 1 is 1.50 bits per heavy atom. The molecule has 0 aliphatic carbocycles. The summed E-state index contributed by atoms with van der Waals surface area (Å²) >= 11 is 1.60. The number of aliphatic hydroxyl groups is 1. The quantitative estimate of drug-likeness (QED) is 0.889. The Morgan fingerprint density at radius 2 is 2.32 bits per heavy atom. The first kappa shape index (κ1) is 15.4. The lowest BCUT2D eigenvalue weighted by atomic mass is 9.86. The molecule has 1 N–H and O–H groups in total. The van der Waals surface area contributed by atoms with E-state index in [1.807, 2.05) is 17.2 Å². The summed E-state index contributed by atoms with van der Waals surface area (Å²) in [5, 5.41) is 11.9. The molecule has 3 rings (SSSR count). The van der Waals surface area contributed by atoms with Crippen LogP contribution in [0.3, 0.4) is 0 Å². The maximum atomic E-state index is 12.3. The van der Waals surface area contributed by atoms with Crippen molar-refractivity contribution in [2.24, 2.45) is 5.41 Å². The Labute approximate surface area is 133 Å². The van der Waals surface area contributed by atoms with E-state index in [0.717, 1.165) is 17.1 Å². The second kappa shape index (κ2) is 5.96. The van der Waals surface area contributed by atoms with Gasteiger partial charge in [-0.1, -0.05) is 0 Å². The molecule has 0 bridgehead atoms. The standard InChI is InChI=1S/C15H21N3O3S/c1-11-16-12(8-22-11)7-18-10-15(6-14(18)21)3-4-17(9-15)13(20)2-5-19/h8,19H,2-7,9-10H2,1H3/t15-/m1/s1. The van der Waals surface area contributed by atoms with Gasteiger partial charge in [0.15, 0.2) is 0 Å². The van der Waals surface area contributed by atoms with Crippen LogP contribution in [-0.2, 0) is 16.1 Å². The highest BCUT2D eigenvalue weighted by Gasteiger charge is 2.48.